The third-order valence-corrected chi connectivity index (χ3v) is 0.461. The molecule has 3 nitrogen and oxygen atoms in total. The molecule has 3 heteroatoms. The molecule has 0 atom stereocenters. The molecule has 0 aromatic carbocycles. The quantitative estimate of drug-likeness (QED) is 0.394. The molecule has 0 rings (SSSR count). The maximum atomic E-state index is 3.88. The largest absolute Gasteiger partial charge is 0.285 e. The average molecular weight is 115 g/mol. The molecule has 0 heterocycles. The van der Waals surface area contributed by atoms with Crippen LogP contribution >= 0.6 is 0 Å². The van der Waals surface area contributed by atoms with Crippen molar-refractivity contribution in [1.82, 2.24) is 5.01 Å². The van der Waals surface area contributed by atoms with Gasteiger partial charge in [0.05, 0.1) is 6.04 Å². The highest BCUT2D eigenvalue weighted by molar-refractivity contribution is 4.41. The Morgan fingerprint density at radius 2 is 1.75 bits per heavy atom. The summed E-state index contributed by atoms with van der Waals surface area (Å²) >= 11 is 0. The molecule has 0 aliphatic rings. The molecule has 0 bridgehead atoms. The molecule has 0 saturated carbocycles. The first-order valence-corrected chi connectivity index (χ1v) is 2.71. The molecule has 0 amide bonds. The van der Waals surface area contributed by atoms with E-state index in [4.69, 9.17) is 0 Å². The molecular weight excluding hydrogens is 102 g/mol. The normalized spacial score (nSPS) is 11.1. The van der Waals surface area contributed by atoms with E-state index < -0.39 is 0 Å². The maximum absolute atomic E-state index is 3.88. The van der Waals surface area contributed by atoms with E-state index in [0.29, 0.717) is 6.04 Å². The van der Waals surface area contributed by atoms with Gasteiger partial charge in [-0.3, -0.25) is 5.01 Å². The third-order valence-electron chi connectivity index (χ3n) is 0.461. The van der Waals surface area contributed by atoms with E-state index in [1.54, 1.807) is 5.01 Å². The van der Waals surface area contributed by atoms with Crippen LogP contribution in [0.1, 0.15) is 13.8 Å². The Labute approximate surface area is 50.4 Å². The zero-order valence-corrected chi connectivity index (χ0v) is 5.92. The van der Waals surface area contributed by atoms with E-state index >= 15 is 0 Å². The predicted octanol–water partition coefficient (Wildman–Crippen LogP) is 1.32. The fourth-order valence-corrected chi connectivity index (χ4v) is 0.207. The van der Waals surface area contributed by atoms with Gasteiger partial charge in [0.25, 0.3) is 0 Å². The summed E-state index contributed by atoms with van der Waals surface area (Å²) < 4.78 is 0. The first-order chi connectivity index (χ1) is 3.63. The first kappa shape index (κ1) is 7.40. The molecule has 48 valence electrons. The number of hydrogen-bond acceptors (Lipinski definition) is 2. The summed E-state index contributed by atoms with van der Waals surface area (Å²) in [6.07, 6.45) is 0. The molecule has 0 saturated heterocycles. The second kappa shape index (κ2) is 3.41. The van der Waals surface area contributed by atoms with Gasteiger partial charge in [0.2, 0.25) is 0 Å². The van der Waals surface area contributed by atoms with Gasteiger partial charge in [-0.15, -0.1) is 0 Å². The molecule has 0 spiro atoms. The minimum atomic E-state index is 0.303. The van der Waals surface area contributed by atoms with Crippen molar-refractivity contribution in [3.05, 3.63) is 0 Å². The maximum Gasteiger partial charge on any atom is 0.0673 e. The number of nitrogens with zero attached hydrogens (tertiary/aromatic N) is 3. The highest BCUT2D eigenvalue weighted by Gasteiger charge is 1.83. The van der Waals surface area contributed by atoms with Crippen LogP contribution in [-0.4, -0.2) is 25.1 Å². The Morgan fingerprint density at radius 3 is 1.88 bits per heavy atom. The van der Waals surface area contributed by atoms with Crippen molar-refractivity contribution >= 4 is 0 Å². The van der Waals surface area contributed by atoms with Crippen molar-refractivity contribution in [2.45, 2.75) is 19.9 Å². The third kappa shape index (κ3) is 5.40. The second-order valence-corrected chi connectivity index (χ2v) is 2.15. The standard InChI is InChI=1S/C5H13N3/c1-5(2)6-7-8(3)4/h5H,1-4H3/b7-6-. The average Bonchev–Trinajstić information content (AvgIpc) is 1.61. The molecule has 0 unspecified atom stereocenters. The van der Waals surface area contributed by atoms with E-state index in [0.717, 1.165) is 0 Å². The van der Waals surface area contributed by atoms with Crippen molar-refractivity contribution in [2.24, 2.45) is 10.3 Å². The number of hydrogen-bond donors (Lipinski definition) is 0. The lowest BCUT2D eigenvalue weighted by atomic mass is 10.4. The van der Waals surface area contributed by atoms with Crippen LogP contribution in [0.4, 0.5) is 0 Å². The molecule has 0 aromatic heterocycles. The Morgan fingerprint density at radius 1 is 1.25 bits per heavy atom. The van der Waals surface area contributed by atoms with Crippen molar-refractivity contribution < 1.29 is 0 Å². The summed E-state index contributed by atoms with van der Waals surface area (Å²) in [5.74, 6) is 0. The zero-order chi connectivity index (χ0) is 6.57. The topological polar surface area (TPSA) is 28.0 Å². The van der Waals surface area contributed by atoms with Crippen LogP contribution in [0, 0.1) is 0 Å². The molecule has 0 radical (unpaired) electrons. The Kier molecular flexibility index (Phi) is 3.15. The van der Waals surface area contributed by atoms with Gasteiger partial charge < -0.3 is 0 Å². The van der Waals surface area contributed by atoms with Gasteiger partial charge in [-0.2, -0.15) is 5.11 Å². The van der Waals surface area contributed by atoms with Crippen molar-refractivity contribution in [2.75, 3.05) is 14.1 Å². The van der Waals surface area contributed by atoms with Gasteiger partial charge in [0.1, 0.15) is 0 Å². The SMILES string of the molecule is CC(C)/N=N\N(C)C. The number of rotatable bonds is 2. The Balaban J connectivity index is 3.34. The first-order valence-electron chi connectivity index (χ1n) is 2.71. The summed E-state index contributed by atoms with van der Waals surface area (Å²) in [6.45, 7) is 3.99. The van der Waals surface area contributed by atoms with Crippen LogP contribution in [0.15, 0.2) is 10.3 Å². The van der Waals surface area contributed by atoms with Gasteiger partial charge in [0, 0.05) is 14.1 Å². The van der Waals surface area contributed by atoms with Gasteiger partial charge in [-0.05, 0) is 13.8 Å². The summed E-state index contributed by atoms with van der Waals surface area (Å²) in [6, 6.07) is 0.303. The molecule has 0 N–H and O–H groups in total. The molecule has 0 aliphatic carbocycles. The predicted molar refractivity (Wildman–Crippen MR) is 33.7 cm³/mol. The van der Waals surface area contributed by atoms with Gasteiger partial charge in [-0.1, -0.05) is 5.22 Å². The van der Waals surface area contributed by atoms with E-state index in [2.05, 4.69) is 10.3 Å². The zero-order valence-electron chi connectivity index (χ0n) is 5.92. The van der Waals surface area contributed by atoms with Crippen LogP contribution in [0.25, 0.3) is 0 Å². The van der Waals surface area contributed by atoms with Crippen LogP contribution in [0.2, 0.25) is 0 Å². The lowest BCUT2D eigenvalue weighted by molar-refractivity contribution is 0.391. The monoisotopic (exact) mass is 115 g/mol. The Hall–Kier alpha value is -0.600. The van der Waals surface area contributed by atoms with Crippen molar-refractivity contribution in [1.29, 1.82) is 0 Å². The van der Waals surface area contributed by atoms with Gasteiger partial charge in [-0.25, -0.2) is 0 Å². The molecule has 8 heavy (non-hydrogen) atoms. The van der Waals surface area contributed by atoms with E-state index in [1.165, 1.54) is 0 Å². The molecule has 0 aromatic rings. The van der Waals surface area contributed by atoms with Crippen LogP contribution < -0.4 is 0 Å². The fraction of sp³-hybridized carbons (Fsp3) is 1.00. The van der Waals surface area contributed by atoms with Crippen molar-refractivity contribution in [3.8, 4) is 0 Å². The van der Waals surface area contributed by atoms with E-state index in [-0.39, 0.29) is 0 Å². The summed E-state index contributed by atoms with van der Waals surface area (Å²) in [5.41, 5.74) is 0. The lowest BCUT2D eigenvalue weighted by Crippen LogP contribution is -2.01. The summed E-state index contributed by atoms with van der Waals surface area (Å²) in [7, 11) is 3.71. The highest BCUT2D eigenvalue weighted by Crippen LogP contribution is 1.87. The van der Waals surface area contributed by atoms with E-state index in [1.807, 2.05) is 27.9 Å². The van der Waals surface area contributed by atoms with Gasteiger partial charge in [0.15, 0.2) is 0 Å². The van der Waals surface area contributed by atoms with Crippen molar-refractivity contribution in [3.63, 3.8) is 0 Å². The molecular formula is C5H13N3. The summed E-state index contributed by atoms with van der Waals surface area (Å²) in [5, 5.41) is 9.34. The molecule has 0 fully saturated rings. The minimum absolute atomic E-state index is 0.303. The van der Waals surface area contributed by atoms with Crippen LogP contribution in [0.5, 0.6) is 0 Å². The fourth-order valence-electron chi connectivity index (χ4n) is 0.207. The molecule has 0 aliphatic heterocycles. The second-order valence-electron chi connectivity index (χ2n) is 2.15. The Bertz CT molecular complexity index is 65.7. The lowest BCUT2D eigenvalue weighted by Gasteiger charge is -2.00. The smallest absolute Gasteiger partial charge is 0.0673 e. The van der Waals surface area contributed by atoms with E-state index in [9.17, 15) is 0 Å². The van der Waals surface area contributed by atoms with Crippen LogP contribution in [0.3, 0.4) is 0 Å². The van der Waals surface area contributed by atoms with Gasteiger partial charge >= 0.3 is 0 Å². The van der Waals surface area contributed by atoms with Crippen LogP contribution in [-0.2, 0) is 0 Å². The minimum Gasteiger partial charge on any atom is -0.285 e. The highest BCUT2D eigenvalue weighted by atomic mass is 15.5. The summed E-state index contributed by atoms with van der Waals surface area (Å²) in [4.78, 5) is 0.